The standard InChI is InChI=1S/C14H14FNO2/c1-16-10-6-7-14(13(15)8-10)18-12-5-3-4-11(9-12)17-2/h3-9,16H,1-2H3. The van der Waals surface area contributed by atoms with Crippen LogP contribution in [0.3, 0.4) is 0 Å². The van der Waals surface area contributed by atoms with Crippen molar-refractivity contribution in [3.8, 4) is 17.2 Å². The predicted molar refractivity (Wildman–Crippen MR) is 69.0 cm³/mol. The number of hydrogen-bond donors (Lipinski definition) is 1. The molecule has 94 valence electrons. The summed E-state index contributed by atoms with van der Waals surface area (Å²) in [7, 11) is 3.30. The highest BCUT2D eigenvalue weighted by Gasteiger charge is 2.06. The largest absolute Gasteiger partial charge is 0.497 e. The molecule has 1 N–H and O–H groups in total. The molecule has 2 aromatic carbocycles. The fraction of sp³-hybridized carbons (Fsp3) is 0.143. The minimum absolute atomic E-state index is 0.183. The minimum atomic E-state index is -0.412. The lowest BCUT2D eigenvalue weighted by Crippen LogP contribution is -1.92. The third-order valence-electron chi connectivity index (χ3n) is 2.49. The molecule has 2 rings (SSSR count). The first-order valence-corrected chi connectivity index (χ1v) is 5.52. The molecule has 4 heteroatoms. The molecule has 0 amide bonds. The van der Waals surface area contributed by atoms with E-state index in [4.69, 9.17) is 9.47 Å². The van der Waals surface area contributed by atoms with E-state index in [0.717, 1.165) is 0 Å². The van der Waals surface area contributed by atoms with E-state index in [0.29, 0.717) is 17.2 Å². The van der Waals surface area contributed by atoms with Crippen molar-refractivity contribution >= 4 is 5.69 Å². The van der Waals surface area contributed by atoms with Gasteiger partial charge in [0, 0.05) is 24.9 Å². The number of rotatable bonds is 4. The van der Waals surface area contributed by atoms with Gasteiger partial charge in [-0.3, -0.25) is 0 Å². The van der Waals surface area contributed by atoms with Crippen molar-refractivity contribution in [1.29, 1.82) is 0 Å². The van der Waals surface area contributed by atoms with Crippen LogP contribution in [0.1, 0.15) is 0 Å². The van der Waals surface area contributed by atoms with Crippen LogP contribution in [0, 0.1) is 5.82 Å². The van der Waals surface area contributed by atoms with Gasteiger partial charge in [-0.15, -0.1) is 0 Å². The van der Waals surface area contributed by atoms with E-state index in [1.807, 2.05) is 0 Å². The number of ether oxygens (including phenoxy) is 2. The molecule has 0 saturated carbocycles. The highest BCUT2D eigenvalue weighted by atomic mass is 19.1. The van der Waals surface area contributed by atoms with Gasteiger partial charge in [0.1, 0.15) is 11.5 Å². The quantitative estimate of drug-likeness (QED) is 0.894. The van der Waals surface area contributed by atoms with Crippen molar-refractivity contribution in [3.63, 3.8) is 0 Å². The third kappa shape index (κ3) is 2.71. The topological polar surface area (TPSA) is 30.5 Å². The molecule has 0 bridgehead atoms. The van der Waals surface area contributed by atoms with Gasteiger partial charge < -0.3 is 14.8 Å². The first-order valence-electron chi connectivity index (χ1n) is 5.52. The van der Waals surface area contributed by atoms with Crippen molar-refractivity contribution in [2.45, 2.75) is 0 Å². The second-order valence-electron chi connectivity index (χ2n) is 3.68. The zero-order chi connectivity index (χ0) is 13.0. The van der Waals surface area contributed by atoms with Gasteiger partial charge in [-0.25, -0.2) is 4.39 Å². The Bertz CT molecular complexity index is 543. The molecule has 3 nitrogen and oxygen atoms in total. The van der Waals surface area contributed by atoms with E-state index in [1.165, 1.54) is 6.07 Å². The fourth-order valence-electron chi connectivity index (χ4n) is 1.53. The second-order valence-corrected chi connectivity index (χ2v) is 3.68. The van der Waals surface area contributed by atoms with Crippen LogP contribution in [0.5, 0.6) is 17.2 Å². The van der Waals surface area contributed by atoms with E-state index in [1.54, 1.807) is 50.6 Å². The van der Waals surface area contributed by atoms with Crippen LogP contribution in [0.25, 0.3) is 0 Å². The van der Waals surface area contributed by atoms with Crippen LogP contribution in [0.15, 0.2) is 42.5 Å². The second kappa shape index (κ2) is 5.40. The van der Waals surface area contributed by atoms with Crippen molar-refractivity contribution in [1.82, 2.24) is 0 Å². The molecular formula is C14H14FNO2. The van der Waals surface area contributed by atoms with Gasteiger partial charge in [0.25, 0.3) is 0 Å². The summed E-state index contributed by atoms with van der Waals surface area (Å²) in [6.45, 7) is 0. The molecule has 0 aliphatic heterocycles. The Morgan fingerprint density at radius 3 is 2.50 bits per heavy atom. The molecular weight excluding hydrogens is 233 g/mol. The fourth-order valence-corrected chi connectivity index (χ4v) is 1.53. The zero-order valence-corrected chi connectivity index (χ0v) is 10.2. The average Bonchev–Trinajstić information content (AvgIpc) is 2.41. The Hall–Kier alpha value is -2.23. The van der Waals surface area contributed by atoms with Crippen molar-refractivity contribution in [3.05, 3.63) is 48.3 Å². The Morgan fingerprint density at radius 1 is 1.06 bits per heavy atom. The van der Waals surface area contributed by atoms with Crippen LogP contribution in [-0.2, 0) is 0 Å². The van der Waals surface area contributed by atoms with Crippen molar-refractivity contribution < 1.29 is 13.9 Å². The smallest absolute Gasteiger partial charge is 0.167 e. The number of nitrogens with one attached hydrogen (secondary N) is 1. The Balaban J connectivity index is 2.22. The van der Waals surface area contributed by atoms with Gasteiger partial charge in [0.05, 0.1) is 7.11 Å². The molecule has 0 aromatic heterocycles. The SMILES string of the molecule is CNc1ccc(Oc2cccc(OC)c2)c(F)c1. The molecule has 0 fully saturated rings. The molecule has 2 aromatic rings. The average molecular weight is 247 g/mol. The highest BCUT2D eigenvalue weighted by molar-refractivity contribution is 5.48. The van der Waals surface area contributed by atoms with Crippen LogP contribution < -0.4 is 14.8 Å². The first-order chi connectivity index (χ1) is 8.72. The lowest BCUT2D eigenvalue weighted by molar-refractivity contribution is 0.405. The molecule has 0 saturated heterocycles. The normalized spacial score (nSPS) is 9.94. The lowest BCUT2D eigenvalue weighted by atomic mass is 10.3. The number of methoxy groups -OCH3 is 1. The summed E-state index contributed by atoms with van der Waals surface area (Å²) >= 11 is 0. The summed E-state index contributed by atoms with van der Waals surface area (Å²) in [5.41, 5.74) is 0.700. The van der Waals surface area contributed by atoms with Crippen LogP contribution in [-0.4, -0.2) is 14.2 Å². The van der Waals surface area contributed by atoms with E-state index in [9.17, 15) is 4.39 Å². The van der Waals surface area contributed by atoms with Gasteiger partial charge in [0.15, 0.2) is 11.6 Å². The molecule has 0 aliphatic carbocycles. The monoisotopic (exact) mass is 247 g/mol. The van der Waals surface area contributed by atoms with Gasteiger partial charge in [-0.1, -0.05) is 6.07 Å². The van der Waals surface area contributed by atoms with Crippen LogP contribution in [0.2, 0.25) is 0 Å². The molecule has 0 spiro atoms. The maximum absolute atomic E-state index is 13.7. The molecule has 0 unspecified atom stereocenters. The Labute approximate surface area is 105 Å². The highest BCUT2D eigenvalue weighted by Crippen LogP contribution is 2.28. The Kier molecular flexibility index (Phi) is 3.67. The summed E-state index contributed by atoms with van der Waals surface area (Å²) in [5.74, 6) is 0.970. The molecule has 0 aliphatic rings. The minimum Gasteiger partial charge on any atom is -0.497 e. The van der Waals surface area contributed by atoms with Crippen molar-refractivity contribution in [2.24, 2.45) is 0 Å². The Morgan fingerprint density at radius 2 is 1.83 bits per heavy atom. The summed E-state index contributed by atoms with van der Waals surface area (Å²) in [6, 6.07) is 11.7. The number of anilines is 1. The molecule has 0 atom stereocenters. The molecule has 18 heavy (non-hydrogen) atoms. The van der Waals surface area contributed by atoms with E-state index >= 15 is 0 Å². The van der Waals surface area contributed by atoms with Gasteiger partial charge in [-0.2, -0.15) is 0 Å². The van der Waals surface area contributed by atoms with E-state index in [-0.39, 0.29) is 5.75 Å². The predicted octanol–water partition coefficient (Wildman–Crippen LogP) is 3.67. The van der Waals surface area contributed by atoms with Gasteiger partial charge in [-0.05, 0) is 24.3 Å². The number of hydrogen-bond acceptors (Lipinski definition) is 3. The summed E-state index contributed by atoms with van der Waals surface area (Å²) < 4.78 is 24.3. The van der Waals surface area contributed by atoms with Crippen LogP contribution in [0.4, 0.5) is 10.1 Å². The van der Waals surface area contributed by atoms with E-state index in [2.05, 4.69) is 5.32 Å². The van der Waals surface area contributed by atoms with Crippen molar-refractivity contribution in [2.75, 3.05) is 19.5 Å². The number of halogens is 1. The maximum Gasteiger partial charge on any atom is 0.167 e. The zero-order valence-electron chi connectivity index (χ0n) is 10.2. The summed E-state index contributed by atoms with van der Waals surface area (Å²) in [6.07, 6.45) is 0. The first kappa shape index (κ1) is 12.2. The summed E-state index contributed by atoms with van der Waals surface area (Å²) in [4.78, 5) is 0. The number of benzene rings is 2. The van der Waals surface area contributed by atoms with E-state index < -0.39 is 5.82 Å². The molecule has 0 radical (unpaired) electrons. The van der Waals surface area contributed by atoms with Gasteiger partial charge in [0.2, 0.25) is 0 Å². The van der Waals surface area contributed by atoms with Gasteiger partial charge >= 0.3 is 0 Å². The lowest BCUT2D eigenvalue weighted by Gasteiger charge is -2.09. The maximum atomic E-state index is 13.7. The van der Waals surface area contributed by atoms with Crippen LogP contribution >= 0.6 is 0 Å². The summed E-state index contributed by atoms with van der Waals surface area (Å²) in [5, 5.41) is 2.86. The third-order valence-corrected chi connectivity index (χ3v) is 2.49. The molecule has 0 heterocycles.